The molecule has 6 nitrogen and oxygen atoms in total. The second kappa shape index (κ2) is 5.09. The van der Waals surface area contributed by atoms with Gasteiger partial charge in [-0.05, 0) is 25.5 Å². The first kappa shape index (κ1) is 13.1. The minimum Gasteiger partial charge on any atom is -0.477 e. The molecule has 0 atom stereocenters. The molecule has 0 saturated carbocycles. The van der Waals surface area contributed by atoms with Crippen molar-refractivity contribution < 1.29 is 14.8 Å². The highest BCUT2D eigenvalue weighted by atomic mass is 16.6. The van der Waals surface area contributed by atoms with Gasteiger partial charge in [-0.25, -0.2) is 4.79 Å². The van der Waals surface area contributed by atoms with Crippen molar-refractivity contribution in [2.24, 2.45) is 0 Å². The van der Waals surface area contributed by atoms with Gasteiger partial charge < -0.3 is 10.0 Å². The van der Waals surface area contributed by atoms with E-state index in [0.29, 0.717) is 12.2 Å². The van der Waals surface area contributed by atoms with Crippen LogP contribution in [-0.2, 0) is 0 Å². The lowest BCUT2D eigenvalue weighted by Crippen LogP contribution is -2.28. The van der Waals surface area contributed by atoms with Crippen molar-refractivity contribution in [2.45, 2.75) is 13.3 Å². The van der Waals surface area contributed by atoms with Crippen LogP contribution >= 0.6 is 0 Å². The fourth-order valence-corrected chi connectivity index (χ4v) is 2.06. The Labute approximate surface area is 110 Å². The van der Waals surface area contributed by atoms with Crippen molar-refractivity contribution in [3.63, 3.8) is 0 Å². The Morgan fingerprint density at radius 1 is 1.47 bits per heavy atom. The number of hydrogen-bond acceptors (Lipinski definition) is 4. The number of carboxylic acids is 1. The minimum atomic E-state index is -1.28. The van der Waals surface area contributed by atoms with E-state index in [0.717, 1.165) is 13.0 Å². The molecule has 0 radical (unpaired) electrons. The molecule has 1 heterocycles. The Balaban J connectivity index is 2.36. The molecule has 6 heteroatoms. The summed E-state index contributed by atoms with van der Waals surface area (Å²) in [6.45, 7) is 3.54. The number of hydrogen-bond donors (Lipinski definition) is 1. The molecular formula is C13H14N2O4. The van der Waals surface area contributed by atoms with E-state index in [4.69, 9.17) is 5.11 Å². The van der Waals surface area contributed by atoms with E-state index in [2.05, 4.69) is 13.0 Å². The Bertz CT molecular complexity index is 566. The number of nitro benzene ring substituents is 1. The van der Waals surface area contributed by atoms with Crippen LogP contribution in [0.3, 0.4) is 0 Å². The smallest absolute Gasteiger partial charge is 0.342 e. The molecule has 0 spiro atoms. The fourth-order valence-electron chi connectivity index (χ4n) is 2.06. The van der Waals surface area contributed by atoms with E-state index >= 15 is 0 Å². The highest BCUT2D eigenvalue weighted by Crippen LogP contribution is 2.26. The van der Waals surface area contributed by atoms with Crippen LogP contribution in [0.2, 0.25) is 0 Å². The molecule has 1 aliphatic rings. The maximum Gasteiger partial charge on any atom is 0.342 e. The van der Waals surface area contributed by atoms with Crippen molar-refractivity contribution >= 4 is 17.3 Å². The zero-order valence-corrected chi connectivity index (χ0v) is 10.5. The first-order valence-corrected chi connectivity index (χ1v) is 5.91. The topological polar surface area (TPSA) is 83.7 Å². The highest BCUT2D eigenvalue weighted by Gasteiger charge is 2.21. The van der Waals surface area contributed by atoms with Crippen molar-refractivity contribution in [1.82, 2.24) is 0 Å². The Morgan fingerprint density at radius 3 is 2.74 bits per heavy atom. The predicted molar refractivity (Wildman–Crippen MR) is 70.6 cm³/mol. The normalized spacial score (nSPS) is 15.0. The van der Waals surface area contributed by atoms with Crippen LogP contribution in [0.15, 0.2) is 29.8 Å². The van der Waals surface area contributed by atoms with Gasteiger partial charge in [0, 0.05) is 24.8 Å². The van der Waals surface area contributed by atoms with Gasteiger partial charge in [0.05, 0.1) is 4.92 Å². The Kier molecular flexibility index (Phi) is 3.50. The van der Waals surface area contributed by atoms with Crippen molar-refractivity contribution in [3.05, 3.63) is 45.5 Å². The third-order valence-electron chi connectivity index (χ3n) is 3.21. The summed E-state index contributed by atoms with van der Waals surface area (Å²) in [5.41, 5.74) is 1.36. The van der Waals surface area contributed by atoms with Gasteiger partial charge in [-0.15, -0.1) is 0 Å². The standard InChI is InChI=1S/C13H14N2O4/c1-9-4-6-14(7-5-9)10-2-3-12(15(18)19)11(8-10)13(16)17/h2-4,8H,5-7H2,1H3,(H,16,17). The van der Waals surface area contributed by atoms with E-state index < -0.39 is 10.9 Å². The molecule has 19 heavy (non-hydrogen) atoms. The maximum absolute atomic E-state index is 11.1. The number of carboxylic acid groups (broad SMARTS) is 1. The predicted octanol–water partition coefficient (Wildman–Crippen LogP) is 2.45. The van der Waals surface area contributed by atoms with Crippen molar-refractivity contribution in [1.29, 1.82) is 0 Å². The molecule has 0 fully saturated rings. The van der Waals surface area contributed by atoms with E-state index in [1.54, 1.807) is 6.07 Å². The summed E-state index contributed by atoms with van der Waals surface area (Å²) in [4.78, 5) is 23.2. The monoisotopic (exact) mass is 262 g/mol. The summed E-state index contributed by atoms with van der Waals surface area (Å²) in [5, 5.41) is 19.8. The second-order valence-electron chi connectivity index (χ2n) is 4.51. The lowest BCUT2D eigenvalue weighted by Gasteiger charge is -2.27. The molecule has 0 unspecified atom stereocenters. The van der Waals surface area contributed by atoms with Crippen LogP contribution in [0.5, 0.6) is 0 Å². The minimum absolute atomic E-state index is 0.270. The number of anilines is 1. The molecule has 1 N–H and O–H groups in total. The SMILES string of the molecule is CC1=CCN(c2ccc([N+](=O)[O-])c(C(=O)O)c2)CC1. The fraction of sp³-hybridized carbons (Fsp3) is 0.308. The summed E-state index contributed by atoms with van der Waals surface area (Å²) in [5.74, 6) is -1.28. The third-order valence-corrected chi connectivity index (χ3v) is 3.21. The zero-order valence-electron chi connectivity index (χ0n) is 10.5. The van der Waals surface area contributed by atoms with Gasteiger partial charge in [0.15, 0.2) is 0 Å². The summed E-state index contributed by atoms with van der Waals surface area (Å²) in [7, 11) is 0. The summed E-state index contributed by atoms with van der Waals surface area (Å²) in [6.07, 6.45) is 2.99. The molecule has 0 aromatic heterocycles. The molecular weight excluding hydrogens is 248 g/mol. The molecule has 0 saturated heterocycles. The first-order valence-electron chi connectivity index (χ1n) is 5.91. The first-order chi connectivity index (χ1) is 8.99. The molecule has 0 bridgehead atoms. The average Bonchev–Trinajstić information content (AvgIpc) is 2.38. The van der Waals surface area contributed by atoms with Crippen molar-refractivity contribution in [2.75, 3.05) is 18.0 Å². The third kappa shape index (κ3) is 2.73. The largest absolute Gasteiger partial charge is 0.477 e. The number of nitro groups is 1. The van der Waals surface area contributed by atoms with Crippen LogP contribution in [0.4, 0.5) is 11.4 Å². The van der Waals surface area contributed by atoms with Gasteiger partial charge in [-0.2, -0.15) is 0 Å². The number of aromatic carboxylic acids is 1. The summed E-state index contributed by atoms with van der Waals surface area (Å²) in [6, 6.07) is 4.22. The van der Waals surface area contributed by atoms with Crippen LogP contribution in [0.25, 0.3) is 0 Å². The maximum atomic E-state index is 11.1. The van der Waals surface area contributed by atoms with Gasteiger partial charge >= 0.3 is 5.97 Å². The molecule has 2 rings (SSSR count). The quantitative estimate of drug-likeness (QED) is 0.514. The van der Waals surface area contributed by atoms with Crippen LogP contribution < -0.4 is 4.90 Å². The van der Waals surface area contributed by atoms with Gasteiger partial charge in [-0.3, -0.25) is 10.1 Å². The Morgan fingerprint density at radius 2 is 2.21 bits per heavy atom. The van der Waals surface area contributed by atoms with Gasteiger partial charge in [-0.1, -0.05) is 11.6 Å². The molecule has 1 aromatic rings. The number of nitrogens with zero attached hydrogens (tertiary/aromatic N) is 2. The second-order valence-corrected chi connectivity index (χ2v) is 4.51. The van der Waals surface area contributed by atoms with E-state index in [9.17, 15) is 14.9 Å². The van der Waals surface area contributed by atoms with E-state index in [1.807, 2.05) is 4.90 Å². The Hall–Kier alpha value is -2.37. The lowest BCUT2D eigenvalue weighted by atomic mass is 10.1. The number of rotatable bonds is 3. The molecule has 0 aliphatic carbocycles. The van der Waals surface area contributed by atoms with E-state index in [-0.39, 0.29) is 11.3 Å². The average molecular weight is 262 g/mol. The summed E-state index contributed by atoms with van der Waals surface area (Å²) >= 11 is 0. The van der Waals surface area contributed by atoms with Gasteiger partial charge in [0.25, 0.3) is 5.69 Å². The van der Waals surface area contributed by atoms with Crippen molar-refractivity contribution in [3.8, 4) is 0 Å². The molecule has 0 amide bonds. The number of carbonyl (C=O) groups is 1. The number of benzene rings is 1. The van der Waals surface area contributed by atoms with Gasteiger partial charge in [0.1, 0.15) is 5.56 Å². The van der Waals surface area contributed by atoms with Crippen LogP contribution in [0.1, 0.15) is 23.7 Å². The molecule has 1 aliphatic heterocycles. The van der Waals surface area contributed by atoms with Crippen LogP contribution in [0, 0.1) is 10.1 Å². The molecule has 100 valence electrons. The molecule has 1 aromatic carbocycles. The summed E-state index contributed by atoms with van der Waals surface area (Å²) < 4.78 is 0. The van der Waals surface area contributed by atoms with Gasteiger partial charge in [0.2, 0.25) is 0 Å². The lowest BCUT2D eigenvalue weighted by molar-refractivity contribution is -0.385. The highest BCUT2D eigenvalue weighted by molar-refractivity contribution is 5.93. The zero-order chi connectivity index (χ0) is 14.0. The van der Waals surface area contributed by atoms with Crippen LogP contribution in [-0.4, -0.2) is 29.1 Å². The van der Waals surface area contributed by atoms with E-state index in [1.165, 1.54) is 17.7 Å².